The molecule has 1 aromatic rings. The van der Waals surface area contributed by atoms with Crippen LogP contribution in [0.1, 0.15) is 12.0 Å². The minimum Gasteiger partial charge on any atom is -0.390 e. The van der Waals surface area contributed by atoms with Crippen molar-refractivity contribution in [3.8, 4) is 0 Å². The van der Waals surface area contributed by atoms with E-state index in [1.807, 2.05) is 0 Å². The summed E-state index contributed by atoms with van der Waals surface area (Å²) in [7, 11) is 0. The zero-order valence-electron chi connectivity index (χ0n) is 7.61. The van der Waals surface area contributed by atoms with Crippen molar-refractivity contribution in [3.05, 3.63) is 35.6 Å². The number of rotatable bonds is 2. The third kappa shape index (κ3) is 1.75. The zero-order valence-corrected chi connectivity index (χ0v) is 7.61. The van der Waals surface area contributed by atoms with Crippen molar-refractivity contribution < 1.29 is 9.23 Å². The Bertz CT molecular complexity index is 348. The molecule has 14 heavy (non-hydrogen) atoms. The zero-order chi connectivity index (χ0) is 9.97. The molecule has 0 amide bonds. The standard InChI is InChI=1S/C10H11FN2O/c11-8-3-1-7(2-4-8)10-5-9(6-12)14-13-10/h1-4,9H,5-6,12H2. The van der Waals surface area contributed by atoms with Crippen LogP contribution in [-0.4, -0.2) is 18.4 Å². The monoisotopic (exact) mass is 194 g/mol. The highest BCUT2D eigenvalue weighted by Gasteiger charge is 2.20. The second-order valence-electron chi connectivity index (χ2n) is 3.21. The topological polar surface area (TPSA) is 47.6 Å². The number of nitrogens with zero attached hydrogens (tertiary/aromatic N) is 1. The van der Waals surface area contributed by atoms with Gasteiger partial charge in [0.25, 0.3) is 0 Å². The number of halogens is 1. The maximum absolute atomic E-state index is 12.6. The van der Waals surface area contributed by atoms with Crippen molar-refractivity contribution in [3.63, 3.8) is 0 Å². The highest BCUT2D eigenvalue weighted by molar-refractivity contribution is 6.01. The number of hydrogen-bond acceptors (Lipinski definition) is 3. The summed E-state index contributed by atoms with van der Waals surface area (Å²) < 4.78 is 12.6. The van der Waals surface area contributed by atoms with E-state index >= 15 is 0 Å². The van der Waals surface area contributed by atoms with Crippen molar-refractivity contribution in [2.45, 2.75) is 12.5 Å². The van der Waals surface area contributed by atoms with Gasteiger partial charge in [0, 0.05) is 13.0 Å². The third-order valence-corrected chi connectivity index (χ3v) is 2.17. The Morgan fingerprint density at radius 3 is 2.71 bits per heavy atom. The first-order chi connectivity index (χ1) is 6.79. The second kappa shape index (κ2) is 3.75. The molecule has 0 bridgehead atoms. The van der Waals surface area contributed by atoms with Crippen LogP contribution in [0.2, 0.25) is 0 Å². The van der Waals surface area contributed by atoms with Gasteiger partial charge in [-0.3, -0.25) is 0 Å². The molecule has 2 N–H and O–H groups in total. The molecule has 0 saturated carbocycles. The van der Waals surface area contributed by atoms with Crippen LogP contribution in [0, 0.1) is 5.82 Å². The Kier molecular flexibility index (Phi) is 2.45. The molecule has 0 radical (unpaired) electrons. The summed E-state index contributed by atoms with van der Waals surface area (Å²) in [6.45, 7) is 0.453. The van der Waals surface area contributed by atoms with Crippen LogP contribution in [-0.2, 0) is 4.84 Å². The van der Waals surface area contributed by atoms with E-state index in [0.717, 1.165) is 11.3 Å². The molecule has 2 rings (SSSR count). The number of hydrogen-bond donors (Lipinski definition) is 1. The maximum atomic E-state index is 12.6. The molecular formula is C10H11FN2O. The Morgan fingerprint density at radius 2 is 2.14 bits per heavy atom. The predicted octanol–water partition coefficient (Wildman–Crippen LogP) is 1.28. The fourth-order valence-corrected chi connectivity index (χ4v) is 1.37. The molecule has 0 aliphatic carbocycles. The average molecular weight is 194 g/mol. The molecule has 74 valence electrons. The van der Waals surface area contributed by atoms with Gasteiger partial charge in [-0.25, -0.2) is 4.39 Å². The molecule has 0 spiro atoms. The lowest BCUT2D eigenvalue weighted by Gasteiger charge is -2.02. The van der Waals surface area contributed by atoms with Gasteiger partial charge in [-0.05, 0) is 17.7 Å². The predicted molar refractivity (Wildman–Crippen MR) is 51.5 cm³/mol. The fraction of sp³-hybridized carbons (Fsp3) is 0.300. The molecule has 4 heteroatoms. The molecule has 1 atom stereocenters. The Balaban J connectivity index is 2.13. The highest BCUT2D eigenvalue weighted by Crippen LogP contribution is 2.16. The minimum absolute atomic E-state index is 0.0324. The van der Waals surface area contributed by atoms with Gasteiger partial charge < -0.3 is 10.6 Å². The van der Waals surface area contributed by atoms with Crippen LogP contribution in [0.15, 0.2) is 29.4 Å². The van der Waals surface area contributed by atoms with Crippen LogP contribution in [0.5, 0.6) is 0 Å². The molecular weight excluding hydrogens is 183 g/mol. The summed E-state index contributed by atoms with van der Waals surface area (Å²) in [6, 6.07) is 6.20. The van der Waals surface area contributed by atoms with Gasteiger partial charge >= 0.3 is 0 Å². The van der Waals surface area contributed by atoms with E-state index in [9.17, 15) is 4.39 Å². The summed E-state index contributed by atoms with van der Waals surface area (Å²) in [6.07, 6.45) is 0.664. The lowest BCUT2D eigenvalue weighted by Crippen LogP contribution is -2.20. The van der Waals surface area contributed by atoms with Gasteiger partial charge in [-0.2, -0.15) is 0 Å². The lowest BCUT2D eigenvalue weighted by molar-refractivity contribution is 0.0918. The molecule has 0 fully saturated rings. The van der Waals surface area contributed by atoms with Gasteiger partial charge in [0.1, 0.15) is 11.9 Å². The minimum atomic E-state index is -0.247. The first kappa shape index (κ1) is 9.15. The highest BCUT2D eigenvalue weighted by atomic mass is 19.1. The third-order valence-electron chi connectivity index (χ3n) is 2.17. The van der Waals surface area contributed by atoms with Gasteiger partial charge in [-0.15, -0.1) is 0 Å². The summed E-state index contributed by atoms with van der Waals surface area (Å²) in [5, 5.41) is 3.90. The molecule has 1 aliphatic heterocycles. The van der Waals surface area contributed by atoms with Crippen molar-refractivity contribution in [1.82, 2.24) is 0 Å². The van der Waals surface area contributed by atoms with Crippen LogP contribution in [0.4, 0.5) is 4.39 Å². The Labute approximate surface area is 81.4 Å². The fourth-order valence-electron chi connectivity index (χ4n) is 1.37. The van der Waals surface area contributed by atoms with Crippen molar-refractivity contribution in [1.29, 1.82) is 0 Å². The van der Waals surface area contributed by atoms with Gasteiger partial charge in [0.15, 0.2) is 0 Å². The molecule has 0 aromatic heterocycles. The van der Waals surface area contributed by atoms with E-state index in [0.29, 0.717) is 13.0 Å². The quantitative estimate of drug-likeness (QED) is 0.770. The molecule has 1 unspecified atom stereocenters. The number of oxime groups is 1. The van der Waals surface area contributed by atoms with Gasteiger partial charge in [-0.1, -0.05) is 17.3 Å². The van der Waals surface area contributed by atoms with E-state index < -0.39 is 0 Å². The van der Waals surface area contributed by atoms with E-state index in [1.54, 1.807) is 12.1 Å². The van der Waals surface area contributed by atoms with Gasteiger partial charge in [0.2, 0.25) is 0 Å². The van der Waals surface area contributed by atoms with Crippen LogP contribution in [0.3, 0.4) is 0 Å². The molecule has 1 aliphatic rings. The van der Waals surface area contributed by atoms with Crippen molar-refractivity contribution in [2.24, 2.45) is 10.9 Å². The average Bonchev–Trinajstić information content (AvgIpc) is 2.67. The largest absolute Gasteiger partial charge is 0.390 e. The van der Waals surface area contributed by atoms with Gasteiger partial charge in [0.05, 0.1) is 5.71 Å². The lowest BCUT2D eigenvalue weighted by atomic mass is 10.1. The van der Waals surface area contributed by atoms with Crippen molar-refractivity contribution in [2.75, 3.05) is 6.54 Å². The Hall–Kier alpha value is -1.42. The van der Waals surface area contributed by atoms with Crippen molar-refractivity contribution >= 4 is 5.71 Å². The first-order valence-corrected chi connectivity index (χ1v) is 4.48. The molecule has 0 saturated heterocycles. The van der Waals surface area contributed by atoms with Crippen LogP contribution < -0.4 is 5.73 Å². The van der Waals surface area contributed by atoms with E-state index in [1.165, 1.54) is 12.1 Å². The summed E-state index contributed by atoms with van der Waals surface area (Å²) >= 11 is 0. The van der Waals surface area contributed by atoms with Crippen LogP contribution in [0.25, 0.3) is 0 Å². The number of nitrogens with two attached hydrogens (primary N) is 1. The Morgan fingerprint density at radius 1 is 1.43 bits per heavy atom. The number of benzene rings is 1. The molecule has 1 heterocycles. The maximum Gasteiger partial charge on any atom is 0.145 e. The molecule has 1 aromatic carbocycles. The normalized spacial score (nSPS) is 20.4. The van der Waals surface area contributed by atoms with E-state index in [2.05, 4.69) is 5.16 Å². The second-order valence-corrected chi connectivity index (χ2v) is 3.21. The smallest absolute Gasteiger partial charge is 0.145 e. The SMILES string of the molecule is NCC1CC(c2ccc(F)cc2)=NO1. The van der Waals surface area contributed by atoms with Crippen LogP contribution >= 0.6 is 0 Å². The summed E-state index contributed by atoms with van der Waals surface area (Å²) in [5.74, 6) is -0.247. The van der Waals surface area contributed by atoms with E-state index in [-0.39, 0.29) is 11.9 Å². The molecule has 3 nitrogen and oxygen atoms in total. The summed E-state index contributed by atoms with van der Waals surface area (Å²) in [4.78, 5) is 5.07. The van der Waals surface area contributed by atoms with E-state index in [4.69, 9.17) is 10.6 Å². The summed E-state index contributed by atoms with van der Waals surface area (Å²) in [5.41, 5.74) is 7.16. The first-order valence-electron chi connectivity index (χ1n) is 4.48.